The molecule has 1 aromatic rings. The van der Waals surface area contributed by atoms with E-state index in [0.29, 0.717) is 0 Å². The van der Waals surface area contributed by atoms with Gasteiger partial charge in [-0.05, 0) is 0 Å². The maximum atomic E-state index is 7.50. The molecule has 0 bridgehead atoms. The van der Waals surface area contributed by atoms with E-state index in [4.69, 9.17) is 24.0 Å². The second-order valence-electron chi connectivity index (χ2n) is 5.98. The summed E-state index contributed by atoms with van der Waals surface area (Å²) in [6, 6.07) is 1.60. The van der Waals surface area contributed by atoms with Crippen LogP contribution in [0, 0.1) is 3.80 Å². The van der Waals surface area contributed by atoms with Crippen LogP contribution in [0.15, 0.2) is 12.4 Å². The number of imidazole rings is 1. The fourth-order valence-corrected chi connectivity index (χ4v) is 5.19. The number of nitrogens with zero attached hydrogens (tertiary/aromatic N) is 2. The molecule has 1 aromatic heterocycles. The zero-order chi connectivity index (χ0) is 22.4. The average Bonchev–Trinajstić information content (AvgIpc) is 3.23. The summed E-state index contributed by atoms with van der Waals surface area (Å²) in [5.74, 6) is 0. The monoisotopic (exact) mass is 556 g/mol. The molecule has 7 nitrogen and oxygen atoms in total. The molecule has 150 valence electrons. The molecule has 28 heavy (non-hydrogen) atoms. The first-order chi connectivity index (χ1) is 13.9. The van der Waals surface area contributed by atoms with Crippen LogP contribution in [-0.2, 0) is 43.3 Å². The second-order valence-corrected chi connectivity index (χ2v) is 7.29. The average molecular weight is 556 g/mol. The van der Waals surface area contributed by atoms with E-state index < -0.39 is 0 Å². The Morgan fingerprint density at radius 2 is 0.821 bits per heavy atom. The Labute approximate surface area is 178 Å². The van der Waals surface area contributed by atoms with Crippen LogP contribution >= 0.6 is 0 Å². The molecule has 0 unspecified atom stereocenters. The Hall–Kier alpha value is -1.75. The fourth-order valence-electron chi connectivity index (χ4n) is 3.68. The van der Waals surface area contributed by atoms with Gasteiger partial charge in [0, 0.05) is 0 Å². The van der Waals surface area contributed by atoms with E-state index in [9.17, 15) is 0 Å². The Kier molecular flexibility index (Phi) is 25.7. The number of hydrogen-bond donors (Lipinski definition) is 0. The SMILES string of the molecule is [C]=O.[C]=O.[C]=O.[C]=O.[C]=O.[W]=[c]1n(C2CCCCC2)ccn1C1CCCCC1. The summed E-state index contributed by atoms with van der Waals surface area (Å²) in [4.78, 5) is 37.5. The van der Waals surface area contributed by atoms with Gasteiger partial charge in [0.05, 0.1) is 0 Å². The first kappa shape index (κ1) is 31.0. The molecular weight excluding hydrogens is 532 g/mol. The normalized spacial score (nSPS) is 15.7. The second kappa shape index (κ2) is 23.3. The minimum absolute atomic E-state index is 0.802. The van der Waals surface area contributed by atoms with Gasteiger partial charge in [-0.25, -0.2) is 0 Å². The van der Waals surface area contributed by atoms with Crippen molar-refractivity contribution in [3.05, 3.63) is 16.2 Å². The van der Waals surface area contributed by atoms with Crippen molar-refractivity contribution >= 4 is 33.9 Å². The molecule has 3 rings (SSSR count). The van der Waals surface area contributed by atoms with Crippen LogP contribution in [0.3, 0.4) is 0 Å². The van der Waals surface area contributed by atoms with Gasteiger partial charge in [-0.1, -0.05) is 0 Å². The van der Waals surface area contributed by atoms with Crippen LogP contribution in [0.5, 0.6) is 0 Å². The zero-order valence-electron chi connectivity index (χ0n) is 15.7. The third kappa shape index (κ3) is 10.5. The zero-order valence-corrected chi connectivity index (χ0v) is 18.7. The van der Waals surface area contributed by atoms with Gasteiger partial charge in [0.25, 0.3) is 33.9 Å². The van der Waals surface area contributed by atoms with Crippen LogP contribution < -0.4 is 0 Å². The van der Waals surface area contributed by atoms with Gasteiger partial charge < -0.3 is 0 Å². The molecule has 0 aliphatic heterocycles. The fraction of sp³-hybridized carbons (Fsp3) is 0.600. The van der Waals surface area contributed by atoms with Gasteiger partial charge in [-0.3, -0.25) is 24.0 Å². The third-order valence-corrected chi connectivity index (χ3v) is 6.28. The van der Waals surface area contributed by atoms with Crippen molar-refractivity contribution in [2.24, 2.45) is 0 Å². The van der Waals surface area contributed by atoms with Crippen molar-refractivity contribution < 1.29 is 43.3 Å². The summed E-state index contributed by atoms with van der Waals surface area (Å²) in [6.45, 7) is 22.5. The Morgan fingerprint density at radius 1 is 0.571 bits per heavy atom. The van der Waals surface area contributed by atoms with Gasteiger partial charge in [0.15, 0.2) is 0 Å². The molecule has 0 amide bonds. The topological polar surface area (TPSA) is 95.2 Å². The first-order valence-corrected chi connectivity index (χ1v) is 10.1. The van der Waals surface area contributed by atoms with E-state index in [1.54, 1.807) is 23.2 Å². The molecule has 0 N–H and O–H groups in total. The molecule has 0 saturated heterocycles. The van der Waals surface area contributed by atoms with E-state index in [-0.39, 0.29) is 0 Å². The van der Waals surface area contributed by atoms with Gasteiger partial charge in [-0.2, -0.15) is 0 Å². The summed E-state index contributed by atoms with van der Waals surface area (Å²) in [5, 5.41) is 0. The predicted molar refractivity (Wildman–Crippen MR) is 98.4 cm³/mol. The van der Waals surface area contributed by atoms with E-state index in [1.807, 2.05) is 0 Å². The van der Waals surface area contributed by atoms with Gasteiger partial charge >= 0.3 is 121 Å². The summed E-state index contributed by atoms with van der Waals surface area (Å²) in [5.41, 5.74) is 0. The summed E-state index contributed by atoms with van der Waals surface area (Å²) < 4.78 is 6.78. The van der Waals surface area contributed by atoms with Crippen molar-refractivity contribution in [1.29, 1.82) is 0 Å². The van der Waals surface area contributed by atoms with E-state index in [0.717, 1.165) is 12.1 Å². The number of carbonyl (C=O) groups excluding carboxylic acids is 5. The molecule has 0 atom stereocenters. The van der Waals surface area contributed by atoms with Crippen LogP contribution in [0.2, 0.25) is 0 Å². The molecule has 2 aliphatic rings. The van der Waals surface area contributed by atoms with Crippen molar-refractivity contribution in [2.75, 3.05) is 0 Å². The van der Waals surface area contributed by atoms with E-state index >= 15 is 0 Å². The molecule has 2 aliphatic carbocycles. The Bertz CT molecular complexity index is 473. The molecule has 8 heteroatoms. The van der Waals surface area contributed by atoms with Crippen LogP contribution in [0.4, 0.5) is 0 Å². The van der Waals surface area contributed by atoms with Crippen LogP contribution in [0.1, 0.15) is 76.3 Å². The molecule has 0 aromatic carbocycles. The Balaban J connectivity index is -0.000000548. The van der Waals surface area contributed by atoms with Crippen molar-refractivity contribution in [1.82, 2.24) is 9.13 Å². The predicted octanol–water partition coefficient (Wildman–Crippen LogP) is 2.39. The maximum absolute atomic E-state index is 7.50. The summed E-state index contributed by atoms with van der Waals surface area (Å²) in [6.07, 6.45) is 19.0. The molecule has 1 heterocycles. The Morgan fingerprint density at radius 3 is 1.07 bits per heavy atom. The van der Waals surface area contributed by atoms with Gasteiger partial charge in [-0.15, -0.1) is 0 Å². The van der Waals surface area contributed by atoms with Crippen LogP contribution in [-0.4, -0.2) is 43.1 Å². The first-order valence-electron chi connectivity index (χ1n) is 8.67. The number of aromatic nitrogens is 2. The van der Waals surface area contributed by atoms with Crippen molar-refractivity contribution in [3.8, 4) is 0 Å². The summed E-state index contributed by atoms with van der Waals surface area (Å²) >= 11 is 1.64. The van der Waals surface area contributed by atoms with Crippen molar-refractivity contribution in [2.45, 2.75) is 76.3 Å². The van der Waals surface area contributed by atoms with Crippen molar-refractivity contribution in [3.63, 3.8) is 0 Å². The van der Waals surface area contributed by atoms with Gasteiger partial charge in [0.1, 0.15) is 0 Å². The number of hydrogen-bond acceptors (Lipinski definition) is 5. The molecular formula is C20H24N2O5W. The molecule has 0 spiro atoms. The molecule has 10 radical (unpaired) electrons. The third-order valence-electron chi connectivity index (χ3n) is 4.77. The number of rotatable bonds is 2. The van der Waals surface area contributed by atoms with E-state index in [2.05, 4.69) is 55.5 Å². The molecule has 2 saturated carbocycles. The summed E-state index contributed by atoms with van der Waals surface area (Å²) in [7, 11) is 0. The van der Waals surface area contributed by atoms with Gasteiger partial charge in [0.2, 0.25) is 0 Å². The quantitative estimate of drug-likeness (QED) is 0.558. The molecule has 2 fully saturated rings. The standard InChI is InChI=1S/C15H24N2.5CO.W/c1-3-7-14(8-4-1)16-11-12-17(13-16)15-9-5-2-6-10-15;5*1-2;/h11-12,14-15H,1-10H2;;;;;;. The van der Waals surface area contributed by atoms with Crippen LogP contribution in [0.25, 0.3) is 0 Å². The minimum atomic E-state index is 0.802. The van der Waals surface area contributed by atoms with E-state index in [1.165, 1.54) is 64.2 Å².